The minimum absolute atomic E-state index is 0.0257. The van der Waals surface area contributed by atoms with Gasteiger partial charge in [0.05, 0.1) is 18.6 Å². The van der Waals surface area contributed by atoms with Gasteiger partial charge in [-0.3, -0.25) is 9.35 Å². The molecule has 2 fully saturated rings. The van der Waals surface area contributed by atoms with Crippen LogP contribution in [0.5, 0.6) is 0 Å². The van der Waals surface area contributed by atoms with Gasteiger partial charge in [0, 0.05) is 6.42 Å². The van der Waals surface area contributed by atoms with Gasteiger partial charge in [-0.25, -0.2) is 4.79 Å². The Labute approximate surface area is 180 Å². The van der Waals surface area contributed by atoms with Crippen LogP contribution in [-0.2, 0) is 38.7 Å². The first-order chi connectivity index (χ1) is 14.1. The molecule has 0 bridgehead atoms. The van der Waals surface area contributed by atoms with E-state index in [1.807, 2.05) is 13.8 Å². The lowest BCUT2D eigenvalue weighted by molar-refractivity contribution is -0.305. The van der Waals surface area contributed by atoms with E-state index >= 15 is 0 Å². The molecule has 1 aliphatic heterocycles. The molecule has 2 rings (SSSR count). The summed E-state index contributed by atoms with van der Waals surface area (Å²) in [5.74, 6) is -3.93. The molecule has 1 aliphatic carbocycles. The van der Waals surface area contributed by atoms with Crippen LogP contribution in [-0.4, -0.2) is 60.4 Å². The highest BCUT2D eigenvalue weighted by Gasteiger charge is 2.54. The fourth-order valence-corrected chi connectivity index (χ4v) is 4.30. The van der Waals surface area contributed by atoms with Crippen molar-refractivity contribution in [2.45, 2.75) is 95.1 Å². The largest absolute Gasteiger partial charge is 0.465 e. The monoisotopic (exact) mass is 472 g/mol. The van der Waals surface area contributed by atoms with Gasteiger partial charge in [-0.05, 0) is 45.4 Å². The number of ether oxygens (including phenoxy) is 4. The molecular formula is C19H30F2O9S. The van der Waals surface area contributed by atoms with Gasteiger partial charge in [-0.15, -0.1) is 0 Å². The van der Waals surface area contributed by atoms with Crippen molar-refractivity contribution in [1.82, 2.24) is 0 Å². The summed E-state index contributed by atoms with van der Waals surface area (Å²) in [5, 5.41) is -5.09. The molecule has 2 atom stereocenters. The van der Waals surface area contributed by atoms with E-state index in [1.165, 1.54) is 0 Å². The molecule has 180 valence electrons. The number of alkyl halides is 2. The predicted octanol–water partition coefficient (Wildman–Crippen LogP) is 2.82. The van der Waals surface area contributed by atoms with Crippen molar-refractivity contribution in [3.8, 4) is 0 Å². The number of carbonyl (C=O) groups excluding carboxylic acids is 2. The van der Waals surface area contributed by atoms with Crippen LogP contribution in [0, 0.1) is 5.92 Å². The van der Waals surface area contributed by atoms with Crippen LogP contribution in [0.1, 0.15) is 66.2 Å². The van der Waals surface area contributed by atoms with Crippen molar-refractivity contribution in [3.63, 3.8) is 0 Å². The zero-order valence-corrected chi connectivity index (χ0v) is 18.9. The molecule has 0 aromatic heterocycles. The zero-order valence-electron chi connectivity index (χ0n) is 18.1. The molecule has 9 nitrogen and oxygen atoms in total. The first-order valence-corrected chi connectivity index (χ1v) is 11.6. The third kappa shape index (κ3) is 6.33. The van der Waals surface area contributed by atoms with Gasteiger partial charge in [0.1, 0.15) is 12.2 Å². The van der Waals surface area contributed by atoms with Gasteiger partial charge >= 0.3 is 27.3 Å². The maximum atomic E-state index is 13.3. The SMILES string of the molecule is CC(C)C1(OC(=O)CC2CC(COC(=O)C(F)(F)S(=O)(=O)O)OC(C)(C)O2)CCCC1. The number of hydrogen-bond donors (Lipinski definition) is 1. The quantitative estimate of drug-likeness (QED) is 0.419. The lowest BCUT2D eigenvalue weighted by Crippen LogP contribution is -2.48. The normalized spacial score (nSPS) is 25.9. The van der Waals surface area contributed by atoms with Crippen LogP contribution in [0.4, 0.5) is 8.78 Å². The van der Waals surface area contributed by atoms with Crippen molar-refractivity contribution < 1.29 is 50.3 Å². The smallest absolute Gasteiger partial charge is 0.459 e. The number of hydrogen-bond acceptors (Lipinski definition) is 8. The molecule has 2 aliphatic rings. The molecule has 0 radical (unpaired) electrons. The Bertz CT molecular complexity index is 773. The standard InChI is InChI=1S/C19H30F2O9S/c1-12(2)18(7-5-6-8-18)30-15(22)10-13-9-14(29-17(3,4)28-13)11-27-16(23)19(20,21)31(24,25)26/h12-14H,5-11H2,1-4H3,(H,24,25,26). The van der Waals surface area contributed by atoms with E-state index in [0.717, 1.165) is 25.7 Å². The Hall–Kier alpha value is -1.37. The molecular weight excluding hydrogens is 442 g/mol. The predicted molar refractivity (Wildman–Crippen MR) is 103 cm³/mol. The molecule has 0 amide bonds. The average Bonchev–Trinajstić information content (AvgIpc) is 3.06. The number of halogens is 2. The summed E-state index contributed by atoms with van der Waals surface area (Å²) in [6, 6.07) is 0. The Morgan fingerprint density at radius 2 is 1.71 bits per heavy atom. The van der Waals surface area contributed by atoms with E-state index in [4.69, 9.17) is 18.8 Å². The molecule has 31 heavy (non-hydrogen) atoms. The lowest BCUT2D eigenvalue weighted by atomic mass is 9.88. The second kappa shape index (κ2) is 9.24. The van der Waals surface area contributed by atoms with Crippen LogP contribution < -0.4 is 0 Å². The van der Waals surface area contributed by atoms with Gasteiger partial charge in [-0.2, -0.15) is 17.2 Å². The summed E-state index contributed by atoms with van der Waals surface area (Å²) in [6.45, 7) is 6.37. The molecule has 12 heteroatoms. The lowest BCUT2D eigenvalue weighted by Gasteiger charge is -2.41. The molecule has 0 aromatic rings. The van der Waals surface area contributed by atoms with Crippen LogP contribution >= 0.6 is 0 Å². The van der Waals surface area contributed by atoms with Gasteiger partial charge in [0.15, 0.2) is 5.79 Å². The number of rotatable bonds is 8. The number of esters is 2. The highest BCUT2D eigenvalue weighted by Crippen LogP contribution is 2.40. The molecule has 1 saturated carbocycles. The molecule has 0 spiro atoms. The van der Waals surface area contributed by atoms with Crippen molar-refractivity contribution >= 4 is 22.1 Å². The second-order valence-electron chi connectivity index (χ2n) is 8.81. The van der Waals surface area contributed by atoms with Crippen LogP contribution in [0.15, 0.2) is 0 Å². The zero-order chi connectivity index (χ0) is 23.7. The fourth-order valence-electron chi connectivity index (χ4n) is 4.03. The molecule has 0 aromatic carbocycles. The molecule has 2 unspecified atom stereocenters. The van der Waals surface area contributed by atoms with E-state index in [-0.39, 0.29) is 18.8 Å². The maximum Gasteiger partial charge on any atom is 0.465 e. The Morgan fingerprint density at radius 3 is 2.23 bits per heavy atom. The first-order valence-electron chi connectivity index (χ1n) is 10.2. The maximum absolute atomic E-state index is 13.3. The molecule has 1 saturated heterocycles. The highest BCUT2D eigenvalue weighted by molar-refractivity contribution is 7.87. The van der Waals surface area contributed by atoms with E-state index in [9.17, 15) is 26.8 Å². The highest BCUT2D eigenvalue weighted by atomic mass is 32.2. The van der Waals surface area contributed by atoms with Gasteiger partial charge in [0.25, 0.3) is 0 Å². The summed E-state index contributed by atoms with van der Waals surface area (Å²) >= 11 is 0. The fraction of sp³-hybridized carbons (Fsp3) is 0.895. The summed E-state index contributed by atoms with van der Waals surface area (Å²) in [6.07, 6.45) is 1.83. The Morgan fingerprint density at radius 1 is 1.16 bits per heavy atom. The average molecular weight is 473 g/mol. The topological polar surface area (TPSA) is 125 Å². The minimum atomic E-state index is -5.96. The van der Waals surface area contributed by atoms with E-state index in [2.05, 4.69) is 4.74 Å². The third-order valence-corrected chi connectivity index (χ3v) is 6.42. The summed E-state index contributed by atoms with van der Waals surface area (Å²) < 4.78 is 77.8. The number of carbonyl (C=O) groups is 2. The summed E-state index contributed by atoms with van der Waals surface area (Å²) in [5.41, 5.74) is -0.506. The van der Waals surface area contributed by atoms with Gasteiger partial charge in [0.2, 0.25) is 0 Å². The Kier molecular flexibility index (Phi) is 7.72. The van der Waals surface area contributed by atoms with Crippen molar-refractivity contribution in [2.24, 2.45) is 5.92 Å². The summed E-state index contributed by atoms with van der Waals surface area (Å²) in [4.78, 5) is 24.0. The Balaban J connectivity index is 1.97. The van der Waals surface area contributed by atoms with Crippen LogP contribution in [0.25, 0.3) is 0 Å². The van der Waals surface area contributed by atoms with E-state index in [1.54, 1.807) is 13.8 Å². The molecule has 1 heterocycles. The van der Waals surface area contributed by atoms with Crippen molar-refractivity contribution in [3.05, 3.63) is 0 Å². The molecule has 1 N–H and O–H groups in total. The van der Waals surface area contributed by atoms with Crippen molar-refractivity contribution in [1.29, 1.82) is 0 Å². The van der Waals surface area contributed by atoms with E-state index in [0.29, 0.717) is 0 Å². The second-order valence-corrected chi connectivity index (χ2v) is 10.3. The van der Waals surface area contributed by atoms with E-state index < -0.39 is 57.5 Å². The third-order valence-electron chi connectivity index (χ3n) is 5.60. The first kappa shape index (κ1) is 25.9. The van der Waals surface area contributed by atoms with Gasteiger partial charge in [-0.1, -0.05) is 13.8 Å². The van der Waals surface area contributed by atoms with Gasteiger partial charge < -0.3 is 18.9 Å². The van der Waals surface area contributed by atoms with Crippen molar-refractivity contribution in [2.75, 3.05) is 6.61 Å². The summed E-state index contributed by atoms with van der Waals surface area (Å²) in [7, 11) is -5.96. The van der Waals surface area contributed by atoms with Crippen LogP contribution in [0.2, 0.25) is 0 Å². The minimum Gasteiger partial charge on any atom is -0.459 e. The van der Waals surface area contributed by atoms with Crippen LogP contribution in [0.3, 0.4) is 0 Å².